The molecule has 5 heteroatoms. The average molecular weight is 219 g/mol. The van der Waals surface area contributed by atoms with Gasteiger partial charge in [0, 0.05) is 12.1 Å². The first kappa shape index (κ1) is 10.5. The van der Waals surface area contributed by atoms with Crippen molar-refractivity contribution in [3.63, 3.8) is 0 Å². The summed E-state index contributed by atoms with van der Waals surface area (Å²) in [5.41, 5.74) is 7.96. The molecule has 2 aromatic rings. The van der Waals surface area contributed by atoms with Crippen molar-refractivity contribution in [3.05, 3.63) is 28.2 Å². The van der Waals surface area contributed by atoms with Crippen LogP contribution in [-0.4, -0.2) is 15.5 Å². The Balaban J connectivity index is 2.84. The molecule has 0 radical (unpaired) electrons. The van der Waals surface area contributed by atoms with Gasteiger partial charge in [0.1, 0.15) is 0 Å². The Bertz CT molecular complexity index is 622. The van der Waals surface area contributed by atoms with Crippen LogP contribution in [0.4, 0.5) is 5.69 Å². The molecule has 16 heavy (non-hydrogen) atoms. The van der Waals surface area contributed by atoms with Gasteiger partial charge in [-0.05, 0) is 24.6 Å². The van der Waals surface area contributed by atoms with Crippen LogP contribution < -0.4 is 11.4 Å². The number of nitrogens with zero attached hydrogens (tertiary/aromatic N) is 1. The van der Waals surface area contributed by atoms with Crippen LogP contribution in [0.3, 0.4) is 0 Å². The number of aromatic amines is 1. The van der Waals surface area contributed by atoms with Gasteiger partial charge in [0.15, 0.2) is 0 Å². The highest BCUT2D eigenvalue weighted by Gasteiger charge is 2.13. The molecule has 1 aromatic carbocycles. The van der Waals surface area contributed by atoms with Crippen LogP contribution in [0.1, 0.15) is 23.7 Å². The summed E-state index contributed by atoms with van der Waals surface area (Å²) in [4.78, 5) is 25.8. The van der Waals surface area contributed by atoms with Gasteiger partial charge < -0.3 is 10.7 Å². The third-order valence-corrected chi connectivity index (χ3v) is 2.62. The van der Waals surface area contributed by atoms with E-state index < -0.39 is 5.69 Å². The first-order valence-corrected chi connectivity index (χ1v) is 5.08. The highest BCUT2D eigenvalue weighted by atomic mass is 16.2. The molecule has 5 nitrogen and oxygen atoms in total. The minimum Gasteiger partial charge on any atom is -0.398 e. The van der Waals surface area contributed by atoms with Crippen LogP contribution in [0.25, 0.3) is 11.0 Å². The summed E-state index contributed by atoms with van der Waals surface area (Å²) in [6.45, 7) is 3.56. The second-order valence-electron chi connectivity index (χ2n) is 3.74. The van der Waals surface area contributed by atoms with Gasteiger partial charge in [0.25, 0.3) is 0 Å². The van der Waals surface area contributed by atoms with Crippen LogP contribution >= 0.6 is 0 Å². The van der Waals surface area contributed by atoms with Crippen molar-refractivity contribution in [3.8, 4) is 0 Å². The van der Waals surface area contributed by atoms with Gasteiger partial charge in [-0.2, -0.15) is 0 Å². The minimum atomic E-state index is -0.410. The number of aryl methyl sites for hydroxylation is 1. The lowest BCUT2D eigenvalue weighted by Gasteiger charge is -2.02. The summed E-state index contributed by atoms with van der Waals surface area (Å²) in [5.74, 6) is -0.222. The highest BCUT2D eigenvalue weighted by Crippen LogP contribution is 2.18. The SMILES string of the molecule is CCC(=O)n1c(=O)[nH]c2cc(N)c(C)cc21. The van der Waals surface area contributed by atoms with Gasteiger partial charge >= 0.3 is 5.69 Å². The molecule has 0 saturated heterocycles. The van der Waals surface area contributed by atoms with E-state index in [1.54, 1.807) is 19.1 Å². The van der Waals surface area contributed by atoms with Crippen LogP contribution in [-0.2, 0) is 0 Å². The van der Waals surface area contributed by atoms with E-state index in [1.807, 2.05) is 6.92 Å². The molecular formula is C11H13N3O2. The van der Waals surface area contributed by atoms with Crippen molar-refractivity contribution >= 4 is 22.6 Å². The van der Waals surface area contributed by atoms with E-state index in [-0.39, 0.29) is 12.3 Å². The van der Waals surface area contributed by atoms with Gasteiger partial charge in [-0.15, -0.1) is 0 Å². The predicted molar refractivity (Wildman–Crippen MR) is 62.6 cm³/mol. The Morgan fingerprint density at radius 1 is 1.50 bits per heavy atom. The first-order valence-electron chi connectivity index (χ1n) is 5.08. The molecular weight excluding hydrogens is 206 g/mol. The molecule has 3 N–H and O–H groups in total. The van der Waals surface area contributed by atoms with E-state index in [4.69, 9.17) is 5.73 Å². The van der Waals surface area contributed by atoms with E-state index in [9.17, 15) is 9.59 Å². The summed E-state index contributed by atoms with van der Waals surface area (Å²) in [5, 5.41) is 0. The molecule has 0 amide bonds. The Labute approximate surface area is 91.9 Å². The number of carbonyl (C=O) groups excluding carboxylic acids is 1. The number of hydrogen-bond donors (Lipinski definition) is 2. The number of H-pyrrole nitrogens is 1. The van der Waals surface area contributed by atoms with Crippen LogP contribution in [0, 0.1) is 6.92 Å². The lowest BCUT2D eigenvalue weighted by atomic mass is 10.2. The van der Waals surface area contributed by atoms with Crippen molar-refractivity contribution in [2.75, 3.05) is 5.73 Å². The summed E-state index contributed by atoms with van der Waals surface area (Å²) < 4.78 is 1.15. The summed E-state index contributed by atoms with van der Waals surface area (Å²) in [6.07, 6.45) is 0.288. The second kappa shape index (κ2) is 3.52. The quantitative estimate of drug-likeness (QED) is 0.709. The molecule has 1 heterocycles. The molecule has 0 bridgehead atoms. The van der Waals surface area contributed by atoms with Crippen LogP contribution in [0.2, 0.25) is 0 Å². The number of nitrogen functional groups attached to an aromatic ring is 1. The Morgan fingerprint density at radius 3 is 2.81 bits per heavy atom. The summed E-state index contributed by atoms with van der Waals surface area (Å²) >= 11 is 0. The lowest BCUT2D eigenvalue weighted by molar-refractivity contribution is 0.0910. The number of anilines is 1. The fourth-order valence-electron chi connectivity index (χ4n) is 1.68. The first-order chi connectivity index (χ1) is 7.54. The standard InChI is InChI=1S/C11H13N3O2/c1-3-10(15)14-9-4-6(2)7(12)5-8(9)13-11(14)16/h4-5H,3,12H2,1-2H3,(H,13,16). The molecule has 0 unspecified atom stereocenters. The minimum absolute atomic E-state index is 0.222. The topological polar surface area (TPSA) is 80.9 Å². The molecule has 84 valence electrons. The highest BCUT2D eigenvalue weighted by molar-refractivity contribution is 5.91. The van der Waals surface area contributed by atoms with Crippen LogP contribution in [0.15, 0.2) is 16.9 Å². The zero-order chi connectivity index (χ0) is 11.9. The zero-order valence-electron chi connectivity index (χ0n) is 9.20. The Hall–Kier alpha value is -2.04. The third kappa shape index (κ3) is 1.41. The van der Waals surface area contributed by atoms with E-state index in [0.717, 1.165) is 10.1 Å². The number of hydrogen-bond acceptors (Lipinski definition) is 3. The number of fused-ring (bicyclic) bond motifs is 1. The number of benzene rings is 1. The maximum atomic E-state index is 11.6. The van der Waals surface area contributed by atoms with Crippen molar-refractivity contribution in [1.29, 1.82) is 0 Å². The molecule has 2 rings (SSSR count). The van der Waals surface area contributed by atoms with Gasteiger partial charge in [-0.3, -0.25) is 4.79 Å². The van der Waals surface area contributed by atoms with Crippen LogP contribution in [0.5, 0.6) is 0 Å². The maximum Gasteiger partial charge on any atom is 0.333 e. The summed E-state index contributed by atoms with van der Waals surface area (Å²) in [7, 11) is 0. The molecule has 0 aliphatic rings. The smallest absolute Gasteiger partial charge is 0.333 e. The number of nitrogens with two attached hydrogens (primary N) is 1. The number of carbonyl (C=O) groups is 1. The Morgan fingerprint density at radius 2 is 2.19 bits per heavy atom. The Kier molecular flexibility index (Phi) is 2.30. The van der Waals surface area contributed by atoms with Crippen molar-refractivity contribution in [2.45, 2.75) is 20.3 Å². The second-order valence-corrected chi connectivity index (χ2v) is 3.74. The number of nitrogens with one attached hydrogen (secondary N) is 1. The van der Waals surface area contributed by atoms with Crippen molar-refractivity contribution < 1.29 is 4.79 Å². The predicted octanol–water partition coefficient (Wildman–Crippen LogP) is 1.27. The van der Waals surface area contributed by atoms with E-state index in [1.165, 1.54) is 0 Å². The molecule has 0 aliphatic heterocycles. The molecule has 0 saturated carbocycles. The van der Waals surface area contributed by atoms with Gasteiger partial charge in [-0.25, -0.2) is 9.36 Å². The fraction of sp³-hybridized carbons (Fsp3) is 0.273. The van der Waals surface area contributed by atoms with E-state index >= 15 is 0 Å². The molecule has 0 aliphatic carbocycles. The largest absolute Gasteiger partial charge is 0.398 e. The van der Waals surface area contributed by atoms with Gasteiger partial charge in [0.05, 0.1) is 11.0 Å². The van der Waals surface area contributed by atoms with Crippen molar-refractivity contribution in [2.24, 2.45) is 0 Å². The molecule has 0 fully saturated rings. The monoisotopic (exact) mass is 219 g/mol. The summed E-state index contributed by atoms with van der Waals surface area (Å²) in [6, 6.07) is 3.42. The average Bonchev–Trinajstić information content (AvgIpc) is 2.54. The number of rotatable bonds is 1. The number of imidazole rings is 1. The third-order valence-electron chi connectivity index (χ3n) is 2.62. The maximum absolute atomic E-state index is 11.6. The molecule has 0 atom stereocenters. The number of aromatic nitrogens is 2. The van der Waals surface area contributed by atoms with Crippen molar-refractivity contribution in [1.82, 2.24) is 9.55 Å². The lowest BCUT2D eigenvalue weighted by Crippen LogP contribution is -2.23. The molecule has 1 aromatic heterocycles. The van der Waals surface area contributed by atoms with Gasteiger partial charge in [0.2, 0.25) is 5.91 Å². The fourth-order valence-corrected chi connectivity index (χ4v) is 1.68. The van der Waals surface area contributed by atoms with E-state index in [2.05, 4.69) is 4.98 Å². The van der Waals surface area contributed by atoms with Gasteiger partial charge in [-0.1, -0.05) is 6.92 Å². The van der Waals surface area contributed by atoms with E-state index in [0.29, 0.717) is 16.7 Å². The molecule has 0 spiro atoms. The normalized spacial score (nSPS) is 10.9. The zero-order valence-corrected chi connectivity index (χ0v) is 9.20.